The molecule has 6 nitrogen and oxygen atoms in total. The highest BCUT2D eigenvalue weighted by atomic mass is 16.4. The van der Waals surface area contributed by atoms with Crippen molar-refractivity contribution in [2.75, 3.05) is 5.73 Å². The van der Waals surface area contributed by atoms with Crippen molar-refractivity contribution in [2.24, 2.45) is 0 Å². The van der Waals surface area contributed by atoms with Crippen molar-refractivity contribution in [1.82, 2.24) is 14.6 Å². The summed E-state index contributed by atoms with van der Waals surface area (Å²) in [5, 5.41) is 12.7. The van der Waals surface area contributed by atoms with Crippen LogP contribution in [0.3, 0.4) is 0 Å². The minimum Gasteiger partial charge on any atom is -0.481 e. The Morgan fingerprint density at radius 3 is 3.07 bits per heavy atom. The lowest BCUT2D eigenvalue weighted by Gasteiger charge is -2.03. The van der Waals surface area contributed by atoms with Crippen molar-refractivity contribution in [1.29, 1.82) is 0 Å². The molecule has 0 aliphatic heterocycles. The second-order valence-corrected chi connectivity index (χ2v) is 3.32. The van der Waals surface area contributed by atoms with Gasteiger partial charge in [0.15, 0.2) is 5.65 Å². The molecule has 0 amide bonds. The highest BCUT2D eigenvalue weighted by molar-refractivity contribution is 5.72. The maximum atomic E-state index is 10.5. The first-order valence-electron chi connectivity index (χ1n) is 4.39. The number of nitrogens with zero attached hydrogens (tertiary/aromatic N) is 3. The summed E-state index contributed by atoms with van der Waals surface area (Å²) in [4.78, 5) is 14.7. The van der Waals surface area contributed by atoms with Gasteiger partial charge in [-0.25, -0.2) is 9.50 Å². The van der Waals surface area contributed by atoms with Crippen molar-refractivity contribution < 1.29 is 9.90 Å². The number of carboxylic acids is 1. The summed E-state index contributed by atoms with van der Waals surface area (Å²) in [6, 6.07) is 0. The fraction of sp³-hybridized carbons (Fsp3) is 0.222. The molecule has 2 rings (SSSR count). The Kier molecular flexibility index (Phi) is 2.03. The SMILES string of the molecule is Cc1cnn2cc(CC(=O)O)c(N)nc12. The fourth-order valence-corrected chi connectivity index (χ4v) is 1.37. The number of aliphatic carboxylic acids is 1. The quantitative estimate of drug-likeness (QED) is 0.734. The predicted molar refractivity (Wildman–Crippen MR) is 53.5 cm³/mol. The summed E-state index contributed by atoms with van der Waals surface area (Å²) in [6.07, 6.45) is 3.11. The van der Waals surface area contributed by atoms with Gasteiger partial charge in [0.05, 0.1) is 12.6 Å². The first-order valence-corrected chi connectivity index (χ1v) is 4.39. The van der Waals surface area contributed by atoms with Gasteiger partial charge >= 0.3 is 5.97 Å². The number of aryl methyl sites for hydroxylation is 1. The van der Waals surface area contributed by atoms with Crippen LogP contribution in [0.1, 0.15) is 11.1 Å². The number of aromatic nitrogens is 3. The van der Waals surface area contributed by atoms with Gasteiger partial charge in [-0.3, -0.25) is 4.79 Å². The third-order valence-electron chi connectivity index (χ3n) is 2.12. The van der Waals surface area contributed by atoms with Gasteiger partial charge in [0.25, 0.3) is 0 Å². The van der Waals surface area contributed by atoms with Crippen LogP contribution in [0.4, 0.5) is 5.82 Å². The first-order chi connectivity index (χ1) is 7.08. The summed E-state index contributed by atoms with van der Waals surface area (Å²) in [5.41, 5.74) is 7.68. The van der Waals surface area contributed by atoms with E-state index in [0.717, 1.165) is 5.56 Å². The second-order valence-electron chi connectivity index (χ2n) is 3.32. The molecule has 0 bridgehead atoms. The Balaban J connectivity index is 2.57. The number of hydrogen-bond donors (Lipinski definition) is 2. The number of nitrogen functional groups attached to an aromatic ring is 1. The normalized spacial score (nSPS) is 10.7. The van der Waals surface area contributed by atoms with E-state index in [1.807, 2.05) is 6.92 Å². The predicted octanol–water partition coefficient (Wildman–Crippen LogP) is 0.247. The Hall–Kier alpha value is -2.11. The summed E-state index contributed by atoms with van der Waals surface area (Å²) in [7, 11) is 0. The molecule has 6 heteroatoms. The molecule has 2 aromatic heterocycles. The van der Waals surface area contributed by atoms with Gasteiger partial charge in [0.2, 0.25) is 0 Å². The fourth-order valence-electron chi connectivity index (χ4n) is 1.37. The maximum Gasteiger partial charge on any atom is 0.308 e. The van der Waals surface area contributed by atoms with E-state index in [0.29, 0.717) is 11.2 Å². The van der Waals surface area contributed by atoms with E-state index < -0.39 is 5.97 Å². The average Bonchev–Trinajstić information content (AvgIpc) is 2.48. The molecule has 0 fully saturated rings. The van der Waals surface area contributed by atoms with Gasteiger partial charge in [-0.15, -0.1) is 0 Å². The van der Waals surface area contributed by atoms with E-state index in [2.05, 4.69) is 10.1 Å². The molecular formula is C9H10N4O2. The van der Waals surface area contributed by atoms with Crippen LogP contribution >= 0.6 is 0 Å². The van der Waals surface area contributed by atoms with Gasteiger partial charge in [0.1, 0.15) is 5.82 Å². The Morgan fingerprint density at radius 1 is 1.67 bits per heavy atom. The molecule has 15 heavy (non-hydrogen) atoms. The number of carboxylic acid groups (broad SMARTS) is 1. The van der Waals surface area contributed by atoms with Gasteiger partial charge in [-0.1, -0.05) is 0 Å². The van der Waals surface area contributed by atoms with Crippen molar-refractivity contribution in [3.05, 3.63) is 23.5 Å². The molecular weight excluding hydrogens is 196 g/mol. The minimum absolute atomic E-state index is 0.145. The number of anilines is 1. The number of rotatable bonds is 2. The van der Waals surface area contributed by atoms with Crippen LogP contribution < -0.4 is 5.73 Å². The zero-order valence-electron chi connectivity index (χ0n) is 8.14. The summed E-state index contributed by atoms with van der Waals surface area (Å²) >= 11 is 0. The van der Waals surface area contributed by atoms with E-state index in [-0.39, 0.29) is 12.2 Å². The lowest BCUT2D eigenvalue weighted by molar-refractivity contribution is -0.136. The molecule has 0 atom stereocenters. The van der Waals surface area contributed by atoms with Crippen molar-refractivity contribution in [2.45, 2.75) is 13.3 Å². The van der Waals surface area contributed by atoms with Crippen LogP contribution in [-0.4, -0.2) is 25.7 Å². The van der Waals surface area contributed by atoms with Crippen molar-refractivity contribution >= 4 is 17.4 Å². The molecule has 0 unspecified atom stereocenters. The van der Waals surface area contributed by atoms with Gasteiger partial charge in [-0.05, 0) is 6.92 Å². The first kappa shape index (κ1) is 9.45. The molecule has 0 aromatic carbocycles. The Morgan fingerprint density at radius 2 is 2.40 bits per heavy atom. The molecule has 0 radical (unpaired) electrons. The molecule has 3 N–H and O–H groups in total. The van der Waals surface area contributed by atoms with Crippen molar-refractivity contribution in [3.8, 4) is 0 Å². The van der Waals surface area contributed by atoms with Gasteiger partial charge < -0.3 is 10.8 Å². The number of fused-ring (bicyclic) bond motifs is 1. The van der Waals surface area contributed by atoms with E-state index in [4.69, 9.17) is 10.8 Å². The zero-order chi connectivity index (χ0) is 11.0. The third-order valence-corrected chi connectivity index (χ3v) is 2.12. The Bertz CT molecular complexity index is 532. The summed E-state index contributed by atoms with van der Waals surface area (Å²) in [6.45, 7) is 1.87. The summed E-state index contributed by atoms with van der Waals surface area (Å²) < 4.78 is 1.53. The van der Waals surface area contributed by atoms with E-state index in [1.165, 1.54) is 4.52 Å². The smallest absolute Gasteiger partial charge is 0.308 e. The second kappa shape index (κ2) is 3.23. The topological polar surface area (TPSA) is 93.5 Å². The van der Waals surface area contributed by atoms with E-state index in [9.17, 15) is 4.79 Å². The molecule has 0 saturated heterocycles. The molecule has 2 heterocycles. The van der Waals surface area contributed by atoms with Crippen LogP contribution in [0.25, 0.3) is 5.65 Å². The molecule has 78 valence electrons. The van der Waals surface area contributed by atoms with Crippen LogP contribution in [-0.2, 0) is 11.2 Å². The van der Waals surface area contributed by atoms with E-state index in [1.54, 1.807) is 12.4 Å². The molecule has 0 aliphatic rings. The monoisotopic (exact) mass is 206 g/mol. The number of hydrogen-bond acceptors (Lipinski definition) is 4. The summed E-state index contributed by atoms with van der Waals surface area (Å²) in [5.74, 6) is -0.694. The van der Waals surface area contributed by atoms with Crippen LogP contribution in [0.2, 0.25) is 0 Å². The number of nitrogens with two attached hydrogens (primary N) is 1. The van der Waals surface area contributed by atoms with Gasteiger partial charge in [-0.2, -0.15) is 5.10 Å². The van der Waals surface area contributed by atoms with Crippen LogP contribution in [0, 0.1) is 6.92 Å². The zero-order valence-corrected chi connectivity index (χ0v) is 8.14. The Labute approximate surface area is 85.3 Å². The third kappa shape index (κ3) is 1.61. The maximum absolute atomic E-state index is 10.5. The highest BCUT2D eigenvalue weighted by Crippen LogP contribution is 2.13. The van der Waals surface area contributed by atoms with Crippen LogP contribution in [0.15, 0.2) is 12.4 Å². The lowest BCUT2D eigenvalue weighted by Crippen LogP contribution is -2.07. The molecule has 2 aromatic rings. The molecule has 0 aliphatic carbocycles. The average molecular weight is 206 g/mol. The molecule has 0 saturated carbocycles. The minimum atomic E-state index is -0.938. The number of carbonyl (C=O) groups is 1. The van der Waals surface area contributed by atoms with Crippen LogP contribution in [0.5, 0.6) is 0 Å². The highest BCUT2D eigenvalue weighted by Gasteiger charge is 2.09. The van der Waals surface area contributed by atoms with Crippen molar-refractivity contribution in [3.63, 3.8) is 0 Å². The molecule has 0 spiro atoms. The van der Waals surface area contributed by atoms with E-state index >= 15 is 0 Å². The largest absolute Gasteiger partial charge is 0.481 e. The lowest BCUT2D eigenvalue weighted by atomic mass is 10.2. The van der Waals surface area contributed by atoms with Gasteiger partial charge in [0, 0.05) is 17.3 Å². The standard InChI is InChI=1S/C9H10N4O2/c1-5-3-11-13-4-6(2-7(14)15)8(10)12-9(5)13/h3-4H,2H2,1H3,(H2,10,12)(H,14,15).